The van der Waals surface area contributed by atoms with Crippen molar-refractivity contribution >= 4 is 11.9 Å². The number of cyclic esters (lactones) is 1. The number of carbonyl (C=O) groups is 2. The molecule has 0 aromatic rings. The van der Waals surface area contributed by atoms with E-state index in [-0.39, 0.29) is 30.6 Å². The number of hydrogen-bond acceptors (Lipinski definition) is 5. The Morgan fingerprint density at radius 1 is 1.62 bits per heavy atom. The van der Waals surface area contributed by atoms with E-state index in [0.29, 0.717) is 19.6 Å². The third kappa shape index (κ3) is 3.20. The maximum absolute atomic E-state index is 11.4. The Hall–Kier alpha value is -1.10. The summed E-state index contributed by atoms with van der Waals surface area (Å²) in [6.45, 7) is 6.61. The van der Waals surface area contributed by atoms with Crippen LogP contribution in [0.4, 0.5) is 0 Å². The summed E-state index contributed by atoms with van der Waals surface area (Å²) >= 11 is 0. The van der Waals surface area contributed by atoms with Gasteiger partial charge in [-0.3, -0.25) is 14.5 Å². The van der Waals surface area contributed by atoms with Crippen LogP contribution in [0.3, 0.4) is 0 Å². The fourth-order valence-corrected chi connectivity index (χ4v) is 1.79. The minimum absolute atomic E-state index is 0.111. The second-order valence-corrected chi connectivity index (χ2v) is 4.04. The largest absolute Gasteiger partial charge is 0.465 e. The highest BCUT2D eigenvalue weighted by atomic mass is 16.5. The minimum atomic E-state index is -0.301. The van der Waals surface area contributed by atoms with E-state index in [2.05, 4.69) is 0 Å². The predicted octanol–water partition coefficient (Wildman–Crippen LogP) is 0.575. The van der Waals surface area contributed by atoms with Crippen LogP contribution >= 0.6 is 0 Å². The van der Waals surface area contributed by atoms with Gasteiger partial charge in [0.25, 0.3) is 0 Å². The van der Waals surface area contributed by atoms with Crippen molar-refractivity contribution in [2.24, 2.45) is 0 Å². The van der Waals surface area contributed by atoms with Gasteiger partial charge in [0.2, 0.25) is 0 Å². The first-order valence-corrected chi connectivity index (χ1v) is 5.64. The van der Waals surface area contributed by atoms with Gasteiger partial charge >= 0.3 is 11.9 Å². The van der Waals surface area contributed by atoms with E-state index in [1.165, 1.54) is 0 Å². The molecule has 1 rings (SSSR count). The van der Waals surface area contributed by atoms with Gasteiger partial charge in [-0.05, 0) is 20.8 Å². The van der Waals surface area contributed by atoms with E-state index in [1.807, 2.05) is 18.7 Å². The highest BCUT2D eigenvalue weighted by Crippen LogP contribution is 2.16. The molecule has 16 heavy (non-hydrogen) atoms. The first kappa shape index (κ1) is 13.0. The molecular formula is C11H19NO4. The first-order chi connectivity index (χ1) is 7.56. The van der Waals surface area contributed by atoms with Crippen LogP contribution in [0.25, 0.3) is 0 Å². The van der Waals surface area contributed by atoms with Crippen molar-refractivity contribution in [1.82, 2.24) is 4.90 Å². The van der Waals surface area contributed by atoms with Crippen LogP contribution in [0, 0.1) is 0 Å². The molecule has 0 N–H and O–H groups in total. The van der Waals surface area contributed by atoms with Crippen molar-refractivity contribution in [2.45, 2.75) is 39.3 Å². The van der Waals surface area contributed by atoms with E-state index in [9.17, 15) is 9.59 Å². The Morgan fingerprint density at radius 2 is 2.31 bits per heavy atom. The van der Waals surface area contributed by atoms with E-state index >= 15 is 0 Å². The van der Waals surface area contributed by atoms with Crippen LogP contribution in [0.2, 0.25) is 0 Å². The average Bonchev–Trinajstić information content (AvgIpc) is 2.61. The number of esters is 2. The summed E-state index contributed by atoms with van der Waals surface area (Å²) in [5.74, 6) is -0.533. The van der Waals surface area contributed by atoms with Gasteiger partial charge in [-0.1, -0.05) is 0 Å². The van der Waals surface area contributed by atoms with Crippen molar-refractivity contribution in [3.8, 4) is 0 Å². The van der Waals surface area contributed by atoms with E-state index < -0.39 is 0 Å². The third-order valence-electron chi connectivity index (χ3n) is 2.59. The molecule has 0 aliphatic carbocycles. The maximum atomic E-state index is 11.4. The molecule has 1 aliphatic heterocycles. The topological polar surface area (TPSA) is 55.8 Å². The summed E-state index contributed by atoms with van der Waals surface area (Å²) in [6.07, 6.45) is 0.649. The maximum Gasteiger partial charge on any atom is 0.323 e. The van der Waals surface area contributed by atoms with Crippen molar-refractivity contribution in [1.29, 1.82) is 0 Å². The first-order valence-electron chi connectivity index (χ1n) is 5.64. The van der Waals surface area contributed by atoms with E-state index in [0.717, 1.165) is 0 Å². The van der Waals surface area contributed by atoms with Crippen molar-refractivity contribution in [3.63, 3.8) is 0 Å². The summed E-state index contributed by atoms with van der Waals surface area (Å²) in [5.41, 5.74) is 0. The predicted molar refractivity (Wildman–Crippen MR) is 57.8 cm³/mol. The Morgan fingerprint density at radius 3 is 2.75 bits per heavy atom. The number of ether oxygens (including phenoxy) is 2. The Labute approximate surface area is 95.7 Å². The smallest absolute Gasteiger partial charge is 0.323 e. The van der Waals surface area contributed by atoms with Gasteiger partial charge in [-0.2, -0.15) is 0 Å². The summed E-state index contributed by atoms with van der Waals surface area (Å²) in [5, 5.41) is 0. The molecule has 5 nitrogen and oxygen atoms in total. The molecule has 0 radical (unpaired) electrons. The molecule has 0 aromatic carbocycles. The quantitative estimate of drug-likeness (QED) is 0.645. The lowest BCUT2D eigenvalue weighted by Gasteiger charge is -2.28. The molecule has 1 atom stereocenters. The van der Waals surface area contributed by atoms with E-state index in [4.69, 9.17) is 9.47 Å². The van der Waals surface area contributed by atoms with Crippen LogP contribution in [-0.4, -0.2) is 48.7 Å². The zero-order valence-electron chi connectivity index (χ0n) is 10.1. The van der Waals surface area contributed by atoms with Crippen LogP contribution in [-0.2, 0) is 19.1 Å². The molecule has 0 aromatic heterocycles. The monoisotopic (exact) mass is 229 g/mol. The third-order valence-corrected chi connectivity index (χ3v) is 2.59. The van der Waals surface area contributed by atoms with Crippen molar-refractivity contribution in [2.75, 3.05) is 19.8 Å². The molecule has 1 aliphatic rings. The van der Waals surface area contributed by atoms with Gasteiger partial charge in [0.15, 0.2) is 0 Å². The van der Waals surface area contributed by atoms with Gasteiger partial charge < -0.3 is 9.47 Å². The number of nitrogens with zero attached hydrogens (tertiary/aromatic N) is 1. The zero-order valence-corrected chi connectivity index (χ0v) is 10.1. The van der Waals surface area contributed by atoms with Gasteiger partial charge in [-0.25, -0.2) is 0 Å². The minimum Gasteiger partial charge on any atom is -0.465 e. The summed E-state index contributed by atoms with van der Waals surface area (Å²) in [6, 6.07) is -0.190. The van der Waals surface area contributed by atoms with Gasteiger partial charge in [0.05, 0.1) is 19.8 Å². The standard InChI is InChI=1S/C11H19NO4/c1-4-15-10(13)7-12(8(2)3)9-5-6-16-11(9)14/h8-9H,4-7H2,1-3H3. The summed E-state index contributed by atoms with van der Waals surface area (Å²) in [7, 11) is 0. The molecule has 1 unspecified atom stereocenters. The average molecular weight is 229 g/mol. The van der Waals surface area contributed by atoms with Crippen molar-refractivity contribution < 1.29 is 19.1 Å². The van der Waals surface area contributed by atoms with Gasteiger partial charge in [-0.15, -0.1) is 0 Å². The Bertz CT molecular complexity index is 265. The molecule has 0 amide bonds. The molecule has 1 saturated heterocycles. The van der Waals surface area contributed by atoms with Crippen LogP contribution in [0.15, 0.2) is 0 Å². The number of rotatable bonds is 5. The van der Waals surface area contributed by atoms with Crippen LogP contribution in [0.1, 0.15) is 27.2 Å². The lowest BCUT2D eigenvalue weighted by atomic mass is 10.1. The molecule has 1 fully saturated rings. The fourth-order valence-electron chi connectivity index (χ4n) is 1.79. The van der Waals surface area contributed by atoms with Crippen molar-refractivity contribution in [3.05, 3.63) is 0 Å². The molecule has 5 heteroatoms. The van der Waals surface area contributed by atoms with Gasteiger partial charge in [0.1, 0.15) is 6.04 Å². The van der Waals surface area contributed by atoms with Gasteiger partial charge in [0, 0.05) is 12.5 Å². The molecule has 0 bridgehead atoms. The highest BCUT2D eigenvalue weighted by molar-refractivity contribution is 5.79. The SMILES string of the molecule is CCOC(=O)CN(C(C)C)C1CCOC1=O. The second kappa shape index (κ2) is 5.84. The second-order valence-electron chi connectivity index (χ2n) is 4.04. The van der Waals surface area contributed by atoms with E-state index in [1.54, 1.807) is 6.92 Å². The molecule has 1 heterocycles. The highest BCUT2D eigenvalue weighted by Gasteiger charge is 2.34. The Kier molecular flexibility index (Phi) is 4.73. The van der Waals surface area contributed by atoms with Crippen LogP contribution in [0.5, 0.6) is 0 Å². The molecule has 0 spiro atoms. The molecule has 92 valence electrons. The summed E-state index contributed by atoms with van der Waals surface area (Å²) in [4.78, 5) is 24.7. The normalized spacial score (nSPS) is 20.3. The number of carbonyl (C=O) groups excluding carboxylic acids is 2. The fraction of sp³-hybridized carbons (Fsp3) is 0.818. The Balaban J connectivity index is 2.60. The number of hydrogen-bond donors (Lipinski definition) is 0. The lowest BCUT2D eigenvalue weighted by Crippen LogP contribution is -2.46. The molecule has 0 saturated carbocycles. The zero-order chi connectivity index (χ0) is 12.1. The molecular weight excluding hydrogens is 210 g/mol. The van der Waals surface area contributed by atoms with Crippen LogP contribution < -0.4 is 0 Å². The summed E-state index contributed by atoms with van der Waals surface area (Å²) < 4.78 is 9.79. The lowest BCUT2D eigenvalue weighted by molar-refractivity contribution is -0.148.